The topological polar surface area (TPSA) is 18.5 Å². The van der Waals surface area contributed by atoms with Crippen molar-refractivity contribution in [2.75, 3.05) is 13.2 Å². The minimum Gasteiger partial charge on any atom is -0.397 e. The Hall–Kier alpha value is 0.571. The van der Waals surface area contributed by atoms with Crippen molar-refractivity contribution in [2.24, 2.45) is 0 Å². The highest BCUT2D eigenvalue weighted by molar-refractivity contribution is 7.66. The summed E-state index contributed by atoms with van der Waals surface area (Å²) < 4.78 is 12.1. The summed E-state index contributed by atoms with van der Waals surface area (Å²) in [6, 6.07) is 0. The second kappa shape index (κ2) is 5.27. The molecule has 0 fully saturated rings. The highest BCUT2D eigenvalue weighted by atomic mass is 29.7. The second-order valence-electron chi connectivity index (χ2n) is 5.69. The van der Waals surface area contributed by atoms with Gasteiger partial charge in [-0.2, -0.15) is 0 Å². The third-order valence-corrected chi connectivity index (χ3v) is 41.3. The maximum atomic E-state index is 6.07. The Kier molecular flexibility index (Phi) is 5.47. The van der Waals surface area contributed by atoms with Crippen molar-refractivity contribution in [3.63, 3.8) is 0 Å². The van der Waals surface area contributed by atoms with E-state index in [-0.39, 0.29) is 0 Å². The van der Waals surface area contributed by atoms with Crippen LogP contribution in [0.3, 0.4) is 0 Å². The molecule has 0 amide bonds. The van der Waals surface area contributed by atoms with E-state index in [9.17, 15) is 0 Å². The molecule has 2 nitrogen and oxygen atoms in total. The summed E-state index contributed by atoms with van der Waals surface area (Å²) in [7, 11) is -4.42. The van der Waals surface area contributed by atoms with Crippen LogP contribution in [0.2, 0.25) is 39.3 Å². The molecule has 0 unspecified atom stereocenters. The number of hydrogen-bond acceptors (Lipinski definition) is 2. The third kappa shape index (κ3) is 3.26. The molecule has 0 radical (unpaired) electrons. The molecule has 15 heavy (non-hydrogen) atoms. The summed E-state index contributed by atoms with van der Waals surface area (Å²) in [5.41, 5.74) is 0. The molecule has 0 aromatic rings. The predicted octanol–water partition coefficient (Wildman–Crippen LogP) is 3.33. The fraction of sp³-hybridized carbons (Fsp3) is 1.00. The van der Waals surface area contributed by atoms with Crippen LogP contribution in [0.25, 0.3) is 0 Å². The van der Waals surface area contributed by atoms with Gasteiger partial charge in [0, 0.05) is 20.8 Å². The van der Waals surface area contributed by atoms with E-state index in [1.54, 1.807) is 0 Å². The van der Waals surface area contributed by atoms with E-state index >= 15 is 0 Å². The first-order valence-corrected chi connectivity index (χ1v) is 16.7. The fourth-order valence-corrected chi connectivity index (χ4v) is 25.6. The lowest BCUT2D eigenvalue weighted by molar-refractivity contribution is 0.207. The lowest BCUT2D eigenvalue weighted by Crippen LogP contribution is -2.73. The van der Waals surface area contributed by atoms with Gasteiger partial charge >= 0.3 is 8.08 Å². The molecular formula is C10H28O2Si3. The van der Waals surface area contributed by atoms with Crippen LogP contribution in [-0.4, -0.2) is 36.0 Å². The molecule has 0 aromatic heterocycles. The monoisotopic (exact) mass is 264 g/mol. The van der Waals surface area contributed by atoms with Crippen molar-refractivity contribution in [2.45, 2.75) is 53.1 Å². The molecule has 0 rings (SSSR count). The highest BCUT2D eigenvalue weighted by Gasteiger charge is 2.56. The minimum absolute atomic E-state index is 0.795. The van der Waals surface area contributed by atoms with Crippen LogP contribution in [0.15, 0.2) is 0 Å². The van der Waals surface area contributed by atoms with Gasteiger partial charge in [-0.05, 0) is 20.4 Å². The molecule has 0 saturated heterocycles. The largest absolute Gasteiger partial charge is 0.397 e. The van der Waals surface area contributed by atoms with Gasteiger partial charge < -0.3 is 8.85 Å². The van der Waals surface area contributed by atoms with Crippen molar-refractivity contribution in [3.05, 3.63) is 0 Å². The van der Waals surface area contributed by atoms with E-state index in [4.69, 9.17) is 8.85 Å². The summed E-state index contributed by atoms with van der Waals surface area (Å²) in [4.78, 5) is 0. The quantitative estimate of drug-likeness (QED) is 0.685. The van der Waals surface area contributed by atoms with E-state index < -0.39 is 22.8 Å². The molecule has 5 heteroatoms. The predicted molar refractivity (Wildman–Crippen MR) is 75.7 cm³/mol. The van der Waals surface area contributed by atoms with E-state index in [1.807, 2.05) is 0 Å². The Labute approximate surface area is 98.2 Å². The Morgan fingerprint density at radius 2 is 1.07 bits per heavy atom. The van der Waals surface area contributed by atoms with Crippen LogP contribution in [0, 0.1) is 0 Å². The van der Waals surface area contributed by atoms with Crippen molar-refractivity contribution in [3.8, 4) is 0 Å². The maximum absolute atomic E-state index is 6.07. The van der Waals surface area contributed by atoms with Crippen LogP contribution >= 0.6 is 0 Å². The maximum Gasteiger partial charge on any atom is 0.310 e. The van der Waals surface area contributed by atoms with Crippen molar-refractivity contribution in [1.82, 2.24) is 0 Å². The van der Waals surface area contributed by atoms with Gasteiger partial charge in [-0.3, -0.25) is 0 Å². The van der Waals surface area contributed by atoms with E-state index in [0.29, 0.717) is 0 Å². The molecule has 0 aliphatic heterocycles. The molecule has 0 heterocycles. The molecule has 0 aliphatic carbocycles. The summed E-state index contributed by atoms with van der Waals surface area (Å²) in [6.07, 6.45) is 0. The van der Waals surface area contributed by atoms with Gasteiger partial charge in [-0.1, -0.05) is 32.7 Å². The van der Waals surface area contributed by atoms with Crippen molar-refractivity contribution in [1.29, 1.82) is 0 Å². The Balaban J connectivity index is 5.05. The first-order valence-electron chi connectivity index (χ1n) is 5.90. The van der Waals surface area contributed by atoms with Gasteiger partial charge in [-0.15, -0.1) is 0 Å². The standard InChI is InChI=1S/C10H28O2Si3/c1-9-11-15(8,12-10-2)14(6,7)13(3,4)5/h9-10H2,1-8H3. The molecule has 0 aromatic carbocycles. The average molecular weight is 265 g/mol. The van der Waals surface area contributed by atoms with Crippen LogP contribution in [-0.2, 0) is 8.85 Å². The van der Waals surface area contributed by atoms with Gasteiger partial charge in [-0.25, -0.2) is 0 Å². The van der Waals surface area contributed by atoms with E-state index in [2.05, 4.69) is 53.1 Å². The molecule has 0 aliphatic rings. The van der Waals surface area contributed by atoms with Crippen molar-refractivity contribution < 1.29 is 8.85 Å². The zero-order valence-corrected chi connectivity index (χ0v) is 14.7. The molecule has 92 valence electrons. The summed E-state index contributed by atoms with van der Waals surface area (Å²) in [6.45, 7) is 20.4. The molecule has 0 spiro atoms. The van der Waals surface area contributed by atoms with Gasteiger partial charge in [0.2, 0.25) is 0 Å². The lowest BCUT2D eigenvalue weighted by Gasteiger charge is -2.46. The smallest absolute Gasteiger partial charge is 0.310 e. The van der Waals surface area contributed by atoms with E-state index in [1.165, 1.54) is 0 Å². The highest BCUT2D eigenvalue weighted by Crippen LogP contribution is 2.30. The Morgan fingerprint density at radius 1 is 0.733 bits per heavy atom. The molecule has 0 atom stereocenters. The summed E-state index contributed by atoms with van der Waals surface area (Å²) in [5.74, 6) is 0. The summed E-state index contributed by atoms with van der Waals surface area (Å²) >= 11 is 0. The molecule has 0 saturated carbocycles. The first kappa shape index (κ1) is 15.6. The number of hydrogen-bond donors (Lipinski definition) is 0. The van der Waals surface area contributed by atoms with Gasteiger partial charge in [0.25, 0.3) is 0 Å². The van der Waals surface area contributed by atoms with Crippen LogP contribution in [0.5, 0.6) is 0 Å². The fourth-order valence-electron chi connectivity index (χ4n) is 1.63. The normalized spacial score (nSPS) is 14.4. The zero-order chi connectivity index (χ0) is 12.3. The molecular weight excluding hydrogens is 236 g/mol. The minimum atomic E-state index is -1.91. The van der Waals surface area contributed by atoms with Crippen LogP contribution in [0.4, 0.5) is 0 Å². The lowest BCUT2D eigenvalue weighted by atomic mass is 10.9. The van der Waals surface area contributed by atoms with Crippen LogP contribution in [0.1, 0.15) is 13.8 Å². The Bertz CT molecular complexity index is 193. The van der Waals surface area contributed by atoms with Gasteiger partial charge in [0.05, 0.1) is 0 Å². The third-order valence-electron chi connectivity index (χ3n) is 3.85. The van der Waals surface area contributed by atoms with Gasteiger partial charge in [0.1, 0.15) is 7.11 Å². The molecule has 0 bridgehead atoms. The number of rotatable bonds is 6. The van der Waals surface area contributed by atoms with Crippen molar-refractivity contribution >= 4 is 22.8 Å². The Morgan fingerprint density at radius 3 is 1.27 bits per heavy atom. The average Bonchev–Trinajstić information content (AvgIpc) is 2.02. The van der Waals surface area contributed by atoms with Gasteiger partial charge in [0.15, 0.2) is 0 Å². The zero-order valence-electron chi connectivity index (χ0n) is 11.7. The SMILES string of the molecule is CCO[Si](C)(OCC)[Si](C)(C)[Si](C)(C)C. The molecule has 0 N–H and O–H groups in total. The van der Waals surface area contributed by atoms with E-state index in [0.717, 1.165) is 13.2 Å². The first-order chi connectivity index (χ1) is 6.62. The van der Waals surface area contributed by atoms with Crippen LogP contribution < -0.4 is 0 Å². The summed E-state index contributed by atoms with van der Waals surface area (Å²) in [5, 5.41) is 0. The second-order valence-corrected chi connectivity index (χ2v) is 32.1.